The Hall–Kier alpha value is -1.06. The van der Waals surface area contributed by atoms with Crippen LogP contribution in [0.5, 0.6) is 5.75 Å². The van der Waals surface area contributed by atoms with E-state index in [1.54, 1.807) is 0 Å². The molecule has 0 aliphatic heterocycles. The number of aliphatic hydroxyl groups excluding tert-OH is 1. The first-order chi connectivity index (χ1) is 8.94. The molecule has 0 bridgehead atoms. The molecule has 0 aliphatic carbocycles. The minimum absolute atomic E-state index is 0.0920. The maximum Gasteiger partial charge on any atom is 0.123 e. The lowest BCUT2D eigenvalue weighted by atomic mass is 9.87. The maximum atomic E-state index is 9.47. The standard InChI is InChI=1S/C16H27NO2/c1-5-19-15-9-7-6-8-14(15)11-17-12-16(3,4)10-13(2)18/h6-9,13,17-18H,5,10-12H2,1-4H3. The minimum atomic E-state index is -0.257. The molecular weight excluding hydrogens is 238 g/mol. The van der Waals surface area contributed by atoms with Crippen LogP contribution in [0.15, 0.2) is 24.3 Å². The number of hydrogen-bond acceptors (Lipinski definition) is 3. The number of para-hydroxylation sites is 1. The smallest absolute Gasteiger partial charge is 0.123 e. The van der Waals surface area contributed by atoms with Crippen molar-refractivity contribution < 1.29 is 9.84 Å². The van der Waals surface area contributed by atoms with Gasteiger partial charge in [-0.15, -0.1) is 0 Å². The summed E-state index contributed by atoms with van der Waals surface area (Å²) >= 11 is 0. The first-order valence-corrected chi connectivity index (χ1v) is 7.04. The molecule has 0 aromatic heterocycles. The molecular formula is C16H27NO2. The van der Waals surface area contributed by atoms with Gasteiger partial charge in [-0.25, -0.2) is 0 Å². The van der Waals surface area contributed by atoms with Crippen molar-refractivity contribution in [2.24, 2.45) is 5.41 Å². The molecule has 0 radical (unpaired) electrons. The van der Waals surface area contributed by atoms with E-state index in [1.165, 1.54) is 5.56 Å². The number of nitrogens with one attached hydrogen (secondary N) is 1. The van der Waals surface area contributed by atoms with Crippen molar-refractivity contribution in [1.82, 2.24) is 5.32 Å². The zero-order valence-corrected chi connectivity index (χ0v) is 12.6. The third-order valence-corrected chi connectivity index (χ3v) is 3.04. The second-order valence-electron chi connectivity index (χ2n) is 5.86. The molecule has 0 saturated carbocycles. The summed E-state index contributed by atoms with van der Waals surface area (Å²) in [5.74, 6) is 0.950. The van der Waals surface area contributed by atoms with Gasteiger partial charge >= 0.3 is 0 Å². The van der Waals surface area contributed by atoms with Gasteiger partial charge in [0.15, 0.2) is 0 Å². The van der Waals surface area contributed by atoms with Crippen LogP contribution < -0.4 is 10.1 Å². The van der Waals surface area contributed by atoms with E-state index in [0.29, 0.717) is 6.61 Å². The molecule has 2 N–H and O–H groups in total. The summed E-state index contributed by atoms with van der Waals surface area (Å²) in [6.07, 6.45) is 0.542. The number of rotatable bonds is 8. The van der Waals surface area contributed by atoms with Crippen LogP contribution in [0.2, 0.25) is 0 Å². The number of hydrogen-bond donors (Lipinski definition) is 2. The third kappa shape index (κ3) is 6.08. The predicted octanol–water partition coefficient (Wildman–Crippen LogP) is 2.97. The Labute approximate surface area is 117 Å². The van der Waals surface area contributed by atoms with E-state index < -0.39 is 0 Å². The minimum Gasteiger partial charge on any atom is -0.494 e. The van der Waals surface area contributed by atoms with Gasteiger partial charge in [0.1, 0.15) is 5.75 Å². The molecule has 3 heteroatoms. The molecule has 0 amide bonds. The summed E-state index contributed by atoms with van der Waals surface area (Å²) in [6, 6.07) is 8.10. The Balaban J connectivity index is 2.49. The Morgan fingerprint density at radius 3 is 2.63 bits per heavy atom. The fourth-order valence-electron chi connectivity index (χ4n) is 2.35. The molecule has 1 aromatic carbocycles. The van der Waals surface area contributed by atoms with Gasteiger partial charge in [-0.05, 0) is 31.7 Å². The lowest BCUT2D eigenvalue weighted by molar-refractivity contribution is 0.128. The Morgan fingerprint density at radius 2 is 2.00 bits per heavy atom. The molecule has 0 spiro atoms. The summed E-state index contributed by atoms with van der Waals surface area (Å²) in [6.45, 7) is 10.5. The van der Waals surface area contributed by atoms with Crippen molar-refractivity contribution in [2.75, 3.05) is 13.2 Å². The second-order valence-corrected chi connectivity index (χ2v) is 5.86. The molecule has 3 nitrogen and oxygen atoms in total. The number of aliphatic hydroxyl groups is 1. The van der Waals surface area contributed by atoms with Gasteiger partial charge in [-0.1, -0.05) is 32.0 Å². The monoisotopic (exact) mass is 265 g/mol. The van der Waals surface area contributed by atoms with E-state index >= 15 is 0 Å². The van der Waals surface area contributed by atoms with Crippen LogP contribution in [0.1, 0.15) is 39.7 Å². The average Bonchev–Trinajstić information content (AvgIpc) is 2.29. The van der Waals surface area contributed by atoms with Crippen molar-refractivity contribution >= 4 is 0 Å². The molecule has 108 valence electrons. The zero-order valence-electron chi connectivity index (χ0n) is 12.6. The molecule has 0 saturated heterocycles. The Morgan fingerprint density at radius 1 is 1.32 bits per heavy atom. The van der Waals surface area contributed by atoms with Gasteiger partial charge in [0.25, 0.3) is 0 Å². The highest BCUT2D eigenvalue weighted by molar-refractivity contribution is 5.33. The fraction of sp³-hybridized carbons (Fsp3) is 0.625. The Kier molecular flexibility index (Phi) is 6.32. The van der Waals surface area contributed by atoms with Crippen molar-refractivity contribution in [3.63, 3.8) is 0 Å². The first-order valence-electron chi connectivity index (χ1n) is 7.04. The van der Waals surface area contributed by atoms with Crippen LogP contribution in [0.3, 0.4) is 0 Å². The van der Waals surface area contributed by atoms with Gasteiger partial charge in [0.05, 0.1) is 12.7 Å². The number of benzene rings is 1. The van der Waals surface area contributed by atoms with Crippen LogP contribution in [0.4, 0.5) is 0 Å². The first kappa shape index (κ1) is 16.0. The lowest BCUT2D eigenvalue weighted by Crippen LogP contribution is -2.31. The van der Waals surface area contributed by atoms with Crippen LogP contribution in [0, 0.1) is 5.41 Å². The summed E-state index contributed by atoms with van der Waals surface area (Å²) in [7, 11) is 0. The quantitative estimate of drug-likeness (QED) is 0.759. The van der Waals surface area contributed by atoms with E-state index in [4.69, 9.17) is 4.74 Å². The van der Waals surface area contributed by atoms with Crippen molar-refractivity contribution in [3.05, 3.63) is 29.8 Å². The molecule has 0 fully saturated rings. The highest BCUT2D eigenvalue weighted by atomic mass is 16.5. The van der Waals surface area contributed by atoms with Crippen molar-refractivity contribution in [3.8, 4) is 5.75 Å². The third-order valence-electron chi connectivity index (χ3n) is 3.04. The second kappa shape index (κ2) is 7.51. The fourth-order valence-corrected chi connectivity index (χ4v) is 2.35. The Bertz CT molecular complexity index is 375. The van der Waals surface area contributed by atoms with E-state index in [0.717, 1.165) is 25.3 Å². The van der Waals surface area contributed by atoms with E-state index in [1.807, 2.05) is 32.0 Å². The van der Waals surface area contributed by atoms with Crippen LogP contribution in [-0.4, -0.2) is 24.4 Å². The summed E-state index contributed by atoms with van der Waals surface area (Å²) in [5.41, 5.74) is 1.27. The largest absolute Gasteiger partial charge is 0.494 e. The molecule has 1 unspecified atom stereocenters. The SMILES string of the molecule is CCOc1ccccc1CNCC(C)(C)CC(C)O. The van der Waals surface area contributed by atoms with Crippen LogP contribution in [-0.2, 0) is 6.54 Å². The van der Waals surface area contributed by atoms with E-state index in [2.05, 4.69) is 25.2 Å². The zero-order chi connectivity index (χ0) is 14.3. The van der Waals surface area contributed by atoms with Gasteiger partial charge in [0.2, 0.25) is 0 Å². The molecule has 19 heavy (non-hydrogen) atoms. The van der Waals surface area contributed by atoms with Gasteiger partial charge in [-0.3, -0.25) is 0 Å². The molecule has 1 rings (SSSR count). The summed E-state index contributed by atoms with van der Waals surface area (Å²) in [5, 5.41) is 12.9. The topological polar surface area (TPSA) is 41.5 Å². The maximum absolute atomic E-state index is 9.47. The molecule has 1 aromatic rings. The predicted molar refractivity (Wildman–Crippen MR) is 79.4 cm³/mol. The molecule has 0 heterocycles. The van der Waals surface area contributed by atoms with Gasteiger partial charge in [-0.2, -0.15) is 0 Å². The molecule has 1 atom stereocenters. The van der Waals surface area contributed by atoms with Crippen molar-refractivity contribution in [2.45, 2.75) is 46.8 Å². The van der Waals surface area contributed by atoms with Gasteiger partial charge in [0, 0.05) is 18.7 Å². The van der Waals surface area contributed by atoms with Crippen molar-refractivity contribution in [1.29, 1.82) is 0 Å². The lowest BCUT2D eigenvalue weighted by Gasteiger charge is -2.26. The van der Waals surface area contributed by atoms with E-state index in [9.17, 15) is 5.11 Å². The summed E-state index contributed by atoms with van der Waals surface area (Å²) in [4.78, 5) is 0. The molecule has 0 aliphatic rings. The van der Waals surface area contributed by atoms with Gasteiger partial charge < -0.3 is 15.2 Å². The summed E-state index contributed by atoms with van der Waals surface area (Å²) < 4.78 is 5.60. The average molecular weight is 265 g/mol. The normalized spacial score (nSPS) is 13.3. The van der Waals surface area contributed by atoms with E-state index in [-0.39, 0.29) is 11.5 Å². The highest BCUT2D eigenvalue weighted by Crippen LogP contribution is 2.22. The number of ether oxygens (including phenoxy) is 1. The highest BCUT2D eigenvalue weighted by Gasteiger charge is 2.19. The van der Waals surface area contributed by atoms with Crippen LogP contribution in [0.25, 0.3) is 0 Å². The van der Waals surface area contributed by atoms with Crippen LogP contribution >= 0.6 is 0 Å².